The number of esters is 1. The molecule has 0 fully saturated rings. The van der Waals surface area contributed by atoms with Crippen molar-refractivity contribution >= 4 is 34.8 Å². The van der Waals surface area contributed by atoms with Gasteiger partial charge in [0.1, 0.15) is 28.1 Å². The van der Waals surface area contributed by atoms with E-state index in [-0.39, 0.29) is 27.2 Å². The van der Waals surface area contributed by atoms with Crippen LogP contribution in [0.25, 0.3) is 11.6 Å². The molecule has 166 valence electrons. The lowest BCUT2D eigenvalue weighted by molar-refractivity contribution is -0.145. The monoisotopic (exact) mass is 465 g/mol. The molecule has 9 heteroatoms. The third-order valence-electron chi connectivity index (χ3n) is 5.29. The number of hydrogen-bond donors (Lipinski definition) is 1. The first-order chi connectivity index (χ1) is 15.8. The second-order valence-electron chi connectivity index (χ2n) is 7.28. The van der Waals surface area contributed by atoms with Crippen molar-refractivity contribution in [2.75, 3.05) is 6.61 Å². The Morgan fingerprint density at radius 1 is 1.18 bits per heavy atom. The molecule has 0 aliphatic carbocycles. The molecule has 2 unspecified atom stereocenters. The van der Waals surface area contributed by atoms with E-state index < -0.39 is 35.0 Å². The average molecular weight is 465 g/mol. The Kier molecular flexibility index (Phi) is 6.03. The number of ether oxygens (including phenoxy) is 1. The first-order valence-electron chi connectivity index (χ1n) is 10.00. The molecule has 3 aromatic rings. The molecule has 2 heterocycles. The highest BCUT2D eigenvalue weighted by molar-refractivity contribution is 7.07. The molecule has 2 atom stereocenters. The van der Waals surface area contributed by atoms with E-state index in [1.807, 2.05) is 0 Å². The zero-order valence-corrected chi connectivity index (χ0v) is 18.2. The van der Waals surface area contributed by atoms with Crippen LogP contribution >= 0.6 is 11.3 Å². The Hall–Kier alpha value is -3.90. The van der Waals surface area contributed by atoms with Crippen LogP contribution in [0.2, 0.25) is 0 Å². The predicted octanol–water partition coefficient (Wildman–Crippen LogP) is 2.49. The zero-order chi connectivity index (χ0) is 23.7. The molecule has 0 amide bonds. The predicted molar refractivity (Wildman–Crippen MR) is 119 cm³/mol. The molecule has 4 rings (SSSR count). The second-order valence-corrected chi connectivity index (χ2v) is 8.31. The van der Waals surface area contributed by atoms with Crippen LogP contribution in [0.3, 0.4) is 0 Å². The summed E-state index contributed by atoms with van der Waals surface area (Å²) >= 11 is 1.00. The van der Waals surface area contributed by atoms with Gasteiger partial charge in [0, 0.05) is 5.92 Å². The maximum absolute atomic E-state index is 13.5. The molecule has 1 N–H and O–H groups in total. The Balaban J connectivity index is 2.01. The standard InChI is InChI=1S/C24H17F2N3O3S/c1-2-32-24(31)20-19(14-5-9-16(26)10-6-14)17(12-27)23-29(21(20)28)22(30)18(33-23)11-13-3-7-15(25)8-4-13/h3-11,19-20,28H,2H2,1H3/b18-11+,28-21?. The Morgan fingerprint density at radius 2 is 1.79 bits per heavy atom. The molecule has 1 aliphatic heterocycles. The van der Waals surface area contributed by atoms with E-state index in [0.717, 1.165) is 15.9 Å². The van der Waals surface area contributed by atoms with Crippen LogP contribution in [0.15, 0.2) is 53.3 Å². The van der Waals surface area contributed by atoms with Gasteiger partial charge in [0.15, 0.2) is 0 Å². The lowest BCUT2D eigenvalue weighted by Crippen LogP contribution is -2.49. The minimum absolute atomic E-state index is 0.0512. The highest BCUT2D eigenvalue weighted by Crippen LogP contribution is 2.36. The number of nitriles is 1. The van der Waals surface area contributed by atoms with Gasteiger partial charge < -0.3 is 4.74 Å². The molecule has 0 saturated heterocycles. The number of thiazole rings is 1. The molecule has 33 heavy (non-hydrogen) atoms. The van der Waals surface area contributed by atoms with Crippen molar-refractivity contribution in [3.8, 4) is 6.07 Å². The minimum atomic E-state index is -1.26. The van der Waals surface area contributed by atoms with Crippen LogP contribution in [-0.4, -0.2) is 23.0 Å². The van der Waals surface area contributed by atoms with Gasteiger partial charge in [-0.1, -0.05) is 24.3 Å². The summed E-state index contributed by atoms with van der Waals surface area (Å²) in [4.78, 5) is 26.0. The van der Waals surface area contributed by atoms with E-state index in [2.05, 4.69) is 6.07 Å². The largest absolute Gasteiger partial charge is 0.465 e. The maximum Gasteiger partial charge on any atom is 0.317 e. The average Bonchev–Trinajstić information content (AvgIpc) is 3.12. The molecule has 1 aliphatic rings. The van der Waals surface area contributed by atoms with Crippen molar-refractivity contribution in [1.29, 1.82) is 10.7 Å². The molecule has 0 radical (unpaired) electrons. The van der Waals surface area contributed by atoms with Gasteiger partial charge in [-0.2, -0.15) is 5.26 Å². The van der Waals surface area contributed by atoms with Crippen LogP contribution in [0.4, 0.5) is 8.78 Å². The van der Waals surface area contributed by atoms with E-state index in [1.54, 1.807) is 6.92 Å². The van der Waals surface area contributed by atoms with Gasteiger partial charge >= 0.3 is 5.97 Å². The molecular weight excluding hydrogens is 448 g/mol. The number of carbonyl (C=O) groups is 1. The van der Waals surface area contributed by atoms with Crippen molar-refractivity contribution in [3.63, 3.8) is 0 Å². The van der Waals surface area contributed by atoms with E-state index >= 15 is 0 Å². The Bertz CT molecular complexity index is 1470. The van der Waals surface area contributed by atoms with E-state index in [9.17, 15) is 23.6 Å². The van der Waals surface area contributed by atoms with Crippen LogP contribution in [0.1, 0.15) is 24.0 Å². The highest BCUT2D eigenvalue weighted by Gasteiger charge is 2.43. The summed E-state index contributed by atoms with van der Waals surface area (Å²) in [6, 6.07) is 12.9. The van der Waals surface area contributed by atoms with Gasteiger partial charge in [0.25, 0.3) is 5.56 Å². The quantitative estimate of drug-likeness (QED) is 0.599. The van der Waals surface area contributed by atoms with Gasteiger partial charge in [-0.25, -0.2) is 8.78 Å². The summed E-state index contributed by atoms with van der Waals surface area (Å²) in [7, 11) is 0. The number of aromatic nitrogens is 1. The topological polar surface area (TPSA) is 95.9 Å². The number of halogens is 2. The van der Waals surface area contributed by atoms with Crippen molar-refractivity contribution in [3.05, 3.63) is 90.8 Å². The number of hydrogen-bond acceptors (Lipinski definition) is 6. The molecule has 0 saturated carbocycles. The number of carbonyl (C=O) groups excluding carboxylic acids is 1. The number of fused-ring (bicyclic) bond motifs is 1. The Labute approximate surface area is 190 Å². The first kappa shape index (κ1) is 22.3. The van der Waals surface area contributed by atoms with Crippen LogP contribution in [0, 0.1) is 34.3 Å². The molecule has 0 bridgehead atoms. The van der Waals surface area contributed by atoms with Crippen LogP contribution < -0.4 is 14.8 Å². The molecular formula is C24H17F2N3O3S. The lowest BCUT2D eigenvalue weighted by Gasteiger charge is -2.29. The molecule has 2 aromatic carbocycles. The summed E-state index contributed by atoms with van der Waals surface area (Å²) in [5, 5.41) is 18.7. The normalized spacial score (nSPS) is 18.1. The number of nitrogens with one attached hydrogen (secondary N) is 1. The van der Waals surface area contributed by atoms with Crippen molar-refractivity contribution < 1.29 is 18.3 Å². The number of rotatable bonds is 4. The second kappa shape index (κ2) is 8.92. The Morgan fingerprint density at radius 3 is 2.36 bits per heavy atom. The first-order valence-corrected chi connectivity index (χ1v) is 10.8. The zero-order valence-electron chi connectivity index (χ0n) is 17.3. The highest BCUT2D eigenvalue weighted by atomic mass is 32.1. The van der Waals surface area contributed by atoms with E-state index in [4.69, 9.17) is 10.1 Å². The molecule has 1 aromatic heterocycles. The van der Waals surface area contributed by atoms with Crippen molar-refractivity contribution in [2.45, 2.75) is 12.8 Å². The fraction of sp³-hybridized carbons (Fsp3) is 0.167. The van der Waals surface area contributed by atoms with E-state index in [0.29, 0.717) is 11.1 Å². The van der Waals surface area contributed by atoms with Gasteiger partial charge in [-0.15, -0.1) is 11.3 Å². The van der Waals surface area contributed by atoms with Gasteiger partial charge in [-0.3, -0.25) is 19.6 Å². The van der Waals surface area contributed by atoms with E-state index in [1.165, 1.54) is 54.6 Å². The SMILES string of the molecule is CCOC(=O)C1C(=N)n2c(s/c(=C/c3ccc(F)cc3)c2=O)=C(C#N)C1c1ccc(F)cc1. The summed E-state index contributed by atoms with van der Waals surface area (Å²) < 4.78 is 33.4. The smallest absolute Gasteiger partial charge is 0.317 e. The van der Waals surface area contributed by atoms with Gasteiger partial charge in [0.2, 0.25) is 0 Å². The third kappa shape index (κ3) is 4.01. The van der Waals surface area contributed by atoms with Crippen molar-refractivity contribution in [2.24, 2.45) is 5.92 Å². The summed E-state index contributed by atoms with van der Waals surface area (Å²) in [5.41, 5.74) is 0.558. The summed E-state index contributed by atoms with van der Waals surface area (Å²) in [6.07, 6.45) is 1.53. The molecule has 0 spiro atoms. The minimum Gasteiger partial charge on any atom is -0.465 e. The van der Waals surface area contributed by atoms with Crippen molar-refractivity contribution in [1.82, 2.24) is 4.57 Å². The maximum atomic E-state index is 13.5. The fourth-order valence-corrected chi connectivity index (χ4v) is 4.95. The van der Waals surface area contributed by atoms with Gasteiger partial charge in [-0.05, 0) is 48.4 Å². The third-order valence-corrected chi connectivity index (χ3v) is 6.40. The van der Waals surface area contributed by atoms with Crippen LogP contribution in [-0.2, 0) is 9.53 Å². The number of benzene rings is 2. The fourth-order valence-electron chi connectivity index (χ4n) is 3.81. The summed E-state index contributed by atoms with van der Waals surface area (Å²) in [5.74, 6) is -4.16. The number of nitrogens with zero attached hydrogens (tertiary/aromatic N) is 2. The van der Waals surface area contributed by atoms with Crippen LogP contribution in [0.5, 0.6) is 0 Å². The van der Waals surface area contributed by atoms with Gasteiger partial charge in [0.05, 0.1) is 22.8 Å². The molecule has 6 nitrogen and oxygen atoms in total. The lowest BCUT2D eigenvalue weighted by atomic mass is 9.78. The summed E-state index contributed by atoms with van der Waals surface area (Å²) in [6.45, 7) is 1.67.